The Bertz CT molecular complexity index is 1170. The van der Waals surface area contributed by atoms with Gasteiger partial charge in [0, 0.05) is 24.7 Å². The Morgan fingerprint density at radius 1 is 0.865 bits per heavy atom. The summed E-state index contributed by atoms with van der Waals surface area (Å²) in [5.41, 5.74) is 3.91. The third-order valence-corrected chi connectivity index (χ3v) is 7.45. The molecule has 0 unspecified atom stereocenters. The minimum Gasteiger partial charge on any atom is -0.490 e. The normalized spacial score (nSPS) is 17.7. The lowest BCUT2D eigenvalue weighted by Gasteiger charge is -2.29. The van der Waals surface area contributed by atoms with Gasteiger partial charge in [0.1, 0.15) is 11.9 Å². The summed E-state index contributed by atoms with van der Waals surface area (Å²) in [5, 5.41) is 22.0. The molecule has 3 heterocycles. The summed E-state index contributed by atoms with van der Waals surface area (Å²) in [6, 6.07) is 8.34. The zero-order valence-corrected chi connectivity index (χ0v) is 22.4. The lowest BCUT2D eigenvalue weighted by atomic mass is 9.97. The quantitative estimate of drug-likeness (QED) is 0.407. The molecule has 3 aromatic rings. The van der Waals surface area contributed by atoms with Crippen LogP contribution in [-0.2, 0) is 13.5 Å². The van der Waals surface area contributed by atoms with Crippen LogP contribution in [0.1, 0.15) is 70.4 Å². The van der Waals surface area contributed by atoms with E-state index in [0.29, 0.717) is 11.7 Å². The number of nitrogens with zero attached hydrogens (tertiary/aromatic N) is 7. The predicted octanol–water partition coefficient (Wildman–Crippen LogP) is 4.86. The molecule has 1 saturated carbocycles. The third kappa shape index (κ3) is 6.44. The molecule has 0 atom stereocenters. The van der Waals surface area contributed by atoms with Gasteiger partial charge in [0.25, 0.3) is 0 Å². The molecule has 198 valence electrons. The van der Waals surface area contributed by atoms with Gasteiger partial charge in [-0.1, -0.05) is 25.8 Å². The van der Waals surface area contributed by atoms with Gasteiger partial charge >= 0.3 is 0 Å². The van der Waals surface area contributed by atoms with Crippen LogP contribution in [0.15, 0.2) is 24.3 Å². The number of likely N-dealkylation sites (tertiary alicyclic amines) is 1. The molecule has 1 aliphatic heterocycles. The van der Waals surface area contributed by atoms with E-state index < -0.39 is 0 Å². The number of aryl methyl sites for hydroxylation is 2. The van der Waals surface area contributed by atoms with E-state index in [-0.39, 0.29) is 12.2 Å². The van der Waals surface area contributed by atoms with E-state index in [2.05, 4.69) is 68.7 Å². The lowest BCUT2D eigenvalue weighted by molar-refractivity contribution is 0.109. The Hall–Kier alpha value is -3.07. The molecule has 2 fully saturated rings. The van der Waals surface area contributed by atoms with Gasteiger partial charge in [-0.05, 0) is 81.3 Å². The molecule has 2 aromatic heterocycles. The summed E-state index contributed by atoms with van der Waals surface area (Å²) in [4.78, 5) is 3.82. The second kappa shape index (κ2) is 12.0. The van der Waals surface area contributed by atoms with Gasteiger partial charge in [-0.3, -0.25) is 0 Å². The molecule has 9 nitrogen and oxygen atoms in total. The SMILES string of the molecule is CCCCc1nnc(OC2CCN(C)CC2)cc1-c1ccc(OC2CCCCC2)c(-c2nnn(C)n2)c1. The molecule has 0 N–H and O–H groups in total. The number of rotatable bonds is 9. The van der Waals surface area contributed by atoms with Crippen molar-refractivity contribution in [1.82, 2.24) is 35.3 Å². The van der Waals surface area contributed by atoms with Gasteiger partial charge < -0.3 is 14.4 Å². The van der Waals surface area contributed by atoms with Gasteiger partial charge in [-0.25, -0.2) is 0 Å². The first-order valence-electron chi connectivity index (χ1n) is 13.9. The first kappa shape index (κ1) is 25.6. The monoisotopic (exact) mass is 505 g/mol. The van der Waals surface area contributed by atoms with E-state index in [4.69, 9.17) is 9.47 Å². The lowest BCUT2D eigenvalue weighted by Crippen LogP contribution is -2.35. The minimum atomic E-state index is 0.172. The van der Waals surface area contributed by atoms with Crippen molar-refractivity contribution in [2.45, 2.75) is 83.3 Å². The van der Waals surface area contributed by atoms with E-state index >= 15 is 0 Å². The van der Waals surface area contributed by atoms with E-state index in [1.165, 1.54) is 24.1 Å². The van der Waals surface area contributed by atoms with E-state index in [0.717, 1.165) is 86.2 Å². The first-order valence-corrected chi connectivity index (χ1v) is 13.9. The molecule has 0 bridgehead atoms. The fraction of sp³-hybridized carbons (Fsp3) is 0.607. The van der Waals surface area contributed by atoms with Crippen LogP contribution < -0.4 is 9.47 Å². The summed E-state index contributed by atoms with van der Waals surface area (Å²) in [5.74, 6) is 1.96. The third-order valence-electron chi connectivity index (χ3n) is 7.45. The van der Waals surface area contributed by atoms with E-state index in [1.54, 1.807) is 7.05 Å². The number of hydrogen-bond acceptors (Lipinski definition) is 8. The van der Waals surface area contributed by atoms with Gasteiger partial charge in [0.2, 0.25) is 11.7 Å². The van der Waals surface area contributed by atoms with Crippen molar-refractivity contribution in [3.8, 4) is 34.1 Å². The van der Waals surface area contributed by atoms with Crippen LogP contribution in [0.5, 0.6) is 11.6 Å². The highest BCUT2D eigenvalue weighted by Gasteiger charge is 2.22. The maximum atomic E-state index is 6.50. The summed E-state index contributed by atoms with van der Waals surface area (Å²) < 4.78 is 12.8. The predicted molar refractivity (Wildman–Crippen MR) is 143 cm³/mol. The number of aromatic nitrogens is 6. The minimum absolute atomic E-state index is 0.172. The standard InChI is InChI=1S/C28H39N7O2/c1-4-5-11-25-23(19-27(30-29-25)37-22-14-16-34(2)17-15-22)20-12-13-26(36-21-9-7-6-8-10-21)24(18-20)28-31-33-35(3)32-28/h12-13,18-19,21-22H,4-11,14-17H2,1-3H3. The van der Waals surface area contributed by atoms with Crippen LogP contribution in [0.3, 0.4) is 0 Å². The van der Waals surface area contributed by atoms with Crippen LogP contribution >= 0.6 is 0 Å². The summed E-state index contributed by atoms with van der Waals surface area (Å²) >= 11 is 0. The molecule has 5 rings (SSSR count). The highest BCUT2D eigenvalue weighted by Crippen LogP contribution is 2.36. The van der Waals surface area contributed by atoms with Crippen molar-refractivity contribution in [1.29, 1.82) is 0 Å². The highest BCUT2D eigenvalue weighted by molar-refractivity contribution is 5.75. The summed E-state index contributed by atoms with van der Waals surface area (Å²) in [7, 11) is 3.94. The van der Waals surface area contributed by atoms with Gasteiger partial charge in [-0.2, -0.15) is 9.90 Å². The number of ether oxygens (including phenoxy) is 2. The molecule has 1 saturated heterocycles. The highest BCUT2D eigenvalue weighted by atomic mass is 16.5. The maximum Gasteiger partial charge on any atom is 0.234 e. The summed E-state index contributed by atoms with van der Waals surface area (Å²) in [6.07, 6.45) is 11.3. The summed E-state index contributed by atoms with van der Waals surface area (Å²) in [6.45, 7) is 4.27. The van der Waals surface area contributed by atoms with Crippen molar-refractivity contribution >= 4 is 0 Å². The topological polar surface area (TPSA) is 91.1 Å². The largest absolute Gasteiger partial charge is 0.490 e. The molecular formula is C28H39N7O2. The Balaban J connectivity index is 1.48. The van der Waals surface area contributed by atoms with Gasteiger partial charge in [0.15, 0.2) is 0 Å². The van der Waals surface area contributed by atoms with Crippen LogP contribution in [0.2, 0.25) is 0 Å². The molecule has 1 aromatic carbocycles. The van der Waals surface area contributed by atoms with Crippen LogP contribution in [0, 0.1) is 0 Å². The van der Waals surface area contributed by atoms with Crippen LogP contribution in [0.4, 0.5) is 0 Å². The molecule has 2 aliphatic rings. The van der Waals surface area contributed by atoms with Gasteiger partial charge in [0.05, 0.1) is 24.4 Å². The number of benzene rings is 1. The Labute approximate surface area is 219 Å². The van der Waals surface area contributed by atoms with Gasteiger partial charge in [-0.15, -0.1) is 15.3 Å². The second-order valence-electron chi connectivity index (χ2n) is 10.5. The average Bonchev–Trinajstić information content (AvgIpc) is 3.36. The first-order chi connectivity index (χ1) is 18.1. The number of piperidine rings is 1. The smallest absolute Gasteiger partial charge is 0.234 e. The van der Waals surface area contributed by atoms with Crippen molar-refractivity contribution in [3.05, 3.63) is 30.0 Å². The molecular weight excluding hydrogens is 466 g/mol. The fourth-order valence-electron chi connectivity index (χ4n) is 5.24. The number of hydrogen-bond donors (Lipinski definition) is 0. The zero-order chi connectivity index (χ0) is 25.6. The number of unbranched alkanes of at least 4 members (excludes halogenated alkanes) is 1. The molecule has 9 heteroatoms. The maximum absolute atomic E-state index is 6.50. The van der Waals surface area contributed by atoms with Crippen LogP contribution in [-0.4, -0.2) is 67.6 Å². The van der Waals surface area contributed by atoms with Crippen molar-refractivity contribution in [2.75, 3.05) is 20.1 Å². The molecule has 0 radical (unpaired) electrons. The second-order valence-corrected chi connectivity index (χ2v) is 10.5. The molecule has 0 amide bonds. The number of tetrazole rings is 1. The van der Waals surface area contributed by atoms with Crippen molar-refractivity contribution in [3.63, 3.8) is 0 Å². The van der Waals surface area contributed by atoms with E-state index in [9.17, 15) is 0 Å². The van der Waals surface area contributed by atoms with Crippen LogP contribution in [0.25, 0.3) is 22.5 Å². The zero-order valence-electron chi connectivity index (χ0n) is 22.4. The Morgan fingerprint density at radius 2 is 1.65 bits per heavy atom. The Kier molecular flexibility index (Phi) is 8.28. The van der Waals surface area contributed by atoms with E-state index in [1.807, 2.05) is 0 Å². The van der Waals surface area contributed by atoms with Crippen molar-refractivity contribution < 1.29 is 9.47 Å². The average molecular weight is 506 g/mol. The molecule has 0 spiro atoms. The molecule has 1 aliphatic carbocycles. The molecule has 37 heavy (non-hydrogen) atoms. The fourth-order valence-corrected chi connectivity index (χ4v) is 5.24. The Morgan fingerprint density at radius 3 is 2.38 bits per heavy atom. The van der Waals surface area contributed by atoms with Crippen molar-refractivity contribution in [2.24, 2.45) is 7.05 Å².